The smallest absolute Gasteiger partial charge is 0.193 e. The van der Waals surface area contributed by atoms with Gasteiger partial charge in [-0.3, -0.25) is 4.99 Å². The Labute approximate surface area is 141 Å². The van der Waals surface area contributed by atoms with Crippen LogP contribution in [0.5, 0.6) is 0 Å². The molecule has 3 nitrogen and oxygen atoms in total. The first-order chi connectivity index (χ1) is 8.49. The summed E-state index contributed by atoms with van der Waals surface area (Å²) in [6.07, 6.45) is 0. The minimum Gasteiger partial charge on any atom is -0.355 e. The number of nitrogens with zero attached hydrogens (tertiary/aromatic N) is 2. The first-order valence-corrected chi connectivity index (χ1v) is 7.04. The van der Waals surface area contributed by atoms with Crippen molar-refractivity contribution in [3.8, 4) is 0 Å². The molecule has 0 fully saturated rings. The molecule has 0 saturated heterocycles. The molecule has 0 aliphatic carbocycles. The summed E-state index contributed by atoms with van der Waals surface area (Å²) in [6, 6.07) is 8.50. The molecule has 106 valence electrons. The second kappa shape index (κ2) is 6.92. The highest BCUT2D eigenvalue weighted by Crippen LogP contribution is 2.25. The predicted molar refractivity (Wildman–Crippen MR) is 95.5 cm³/mol. The molecule has 0 aromatic heterocycles. The molecule has 0 atom stereocenters. The lowest BCUT2D eigenvalue weighted by Crippen LogP contribution is -2.42. The van der Waals surface area contributed by atoms with Crippen LogP contribution in [0.2, 0.25) is 0 Å². The molecule has 1 aliphatic rings. The van der Waals surface area contributed by atoms with E-state index in [1.165, 1.54) is 5.56 Å². The Morgan fingerprint density at radius 3 is 2.74 bits per heavy atom. The standard InChI is InChI=1S/C14H20BrN3.HI/c1-14(2,11-5-4-6-12(15)9-11)10-17-13-16-7-8-18(13)3;/h4-6,9H,7-8,10H2,1-3H3,(H,16,17);1H. The number of benzene rings is 1. The van der Waals surface area contributed by atoms with Crippen LogP contribution in [-0.4, -0.2) is 37.5 Å². The zero-order valence-corrected chi connectivity index (χ0v) is 15.5. The van der Waals surface area contributed by atoms with Crippen LogP contribution in [0.3, 0.4) is 0 Å². The Hall–Kier alpha value is -0.300. The molecule has 0 unspecified atom stereocenters. The van der Waals surface area contributed by atoms with Crippen LogP contribution in [0, 0.1) is 0 Å². The minimum atomic E-state index is 0. The van der Waals surface area contributed by atoms with Gasteiger partial charge >= 0.3 is 0 Å². The van der Waals surface area contributed by atoms with Gasteiger partial charge in [-0.1, -0.05) is 41.9 Å². The van der Waals surface area contributed by atoms with E-state index < -0.39 is 0 Å². The molecule has 0 saturated carbocycles. The van der Waals surface area contributed by atoms with E-state index in [1.54, 1.807) is 0 Å². The summed E-state index contributed by atoms with van der Waals surface area (Å²) in [6.45, 7) is 7.29. The van der Waals surface area contributed by atoms with Gasteiger partial charge in [-0.15, -0.1) is 24.0 Å². The van der Waals surface area contributed by atoms with E-state index >= 15 is 0 Å². The molecule has 1 N–H and O–H groups in total. The maximum Gasteiger partial charge on any atom is 0.193 e. The number of hydrogen-bond donors (Lipinski definition) is 1. The van der Waals surface area contributed by atoms with Gasteiger partial charge in [0.15, 0.2) is 5.96 Å². The van der Waals surface area contributed by atoms with Gasteiger partial charge in [-0.25, -0.2) is 0 Å². The minimum absolute atomic E-state index is 0. The van der Waals surface area contributed by atoms with Gasteiger partial charge in [0, 0.05) is 30.0 Å². The summed E-state index contributed by atoms with van der Waals surface area (Å²) in [4.78, 5) is 6.62. The van der Waals surface area contributed by atoms with Crippen LogP contribution in [0.4, 0.5) is 0 Å². The Morgan fingerprint density at radius 2 is 2.16 bits per heavy atom. The maximum atomic E-state index is 4.45. The molecule has 0 bridgehead atoms. The molecule has 1 aliphatic heterocycles. The summed E-state index contributed by atoms with van der Waals surface area (Å²) in [5, 5.41) is 3.45. The van der Waals surface area contributed by atoms with Crippen LogP contribution >= 0.6 is 39.9 Å². The summed E-state index contributed by atoms with van der Waals surface area (Å²) in [5.41, 5.74) is 1.40. The SMILES string of the molecule is CN1CCN=C1NCC(C)(C)c1cccc(Br)c1.I. The van der Waals surface area contributed by atoms with E-state index in [2.05, 4.69) is 76.3 Å². The molecule has 2 rings (SSSR count). The van der Waals surface area contributed by atoms with Crippen molar-refractivity contribution in [2.75, 3.05) is 26.7 Å². The Morgan fingerprint density at radius 1 is 1.42 bits per heavy atom. The van der Waals surface area contributed by atoms with E-state index in [9.17, 15) is 0 Å². The topological polar surface area (TPSA) is 27.6 Å². The van der Waals surface area contributed by atoms with Crippen molar-refractivity contribution < 1.29 is 0 Å². The van der Waals surface area contributed by atoms with Crippen LogP contribution in [-0.2, 0) is 5.41 Å². The Balaban J connectivity index is 0.00000180. The third-order valence-corrected chi connectivity index (χ3v) is 3.85. The predicted octanol–water partition coefficient (Wildman–Crippen LogP) is 3.24. The lowest BCUT2D eigenvalue weighted by atomic mass is 9.85. The number of likely N-dealkylation sites (N-methyl/N-ethyl adjacent to an activating group) is 1. The van der Waals surface area contributed by atoms with E-state index in [0.717, 1.165) is 30.1 Å². The Kier molecular flexibility index (Phi) is 6.11. The van der Waals surface area contributed by atoms with E-state index in [4.69, 9.17) is 0 Å². The van der Waals surface area contributed by atoms with Crippen molar-refractivity contribution in [1.29, 1.82) is 0 Å². The fourth-order valence-electron chi connectivity index (χ4n) is 2.03. The second-order valence-electron chi connectivity index (χ2n) is 5.37. The molecule has 5 heteroatoms. The van der Waals surface area contributed by atoms with Crippen molar-refractivity contribution in [1.82, 2.24) is 10.2 Å². The molecule has 0 radical (unpaired) electrons. The van der Waals surface area contributed by atoms with Crippen molar-refractivity contribution in [3.63, 3.8) is 0 Å². The number of nitrogens with one attached hydrogen (secondary N) is 1. The highest BCUT2D eigenvalue weighted by Gasteiger charge is 2.22. The van der Waals surface area contributed by atoms with Crippen LogP contribution in [0.1, 0.15) is 19.4 Å². The third-order valence-electron chi connectivity index (χ3n) is 3.35. The van der Waals surface area contributed by atoms with Crippen LogP contribution in [0.25, 0.3) is 0 Å². The number of halogens is 2. The van der Waals surface area contributed by atoms with Crippen molar-refractivity contribution in [3.05, 3.63) is 34.3 Å². The van der Waals surface area contributed by atoms with Gasteiger partial charge in [0.2, 0.25) is 0 Å². The fourth-order valence-corrected chi connectivity index (χ4v) is 2.43. The van der Waals surface area contributed by atoms with Crippen molar-refractivity contribution in [2.45, 2.75) is 19.3 Å². The van der Waals surface area contributed by atoms with E-state index in [1.807, 2.05) is 0 Å². The Bertz CT molecular complexity index is 460. The lowest BCUT2D eigenvalue weighted by Gasteiger charge is -2.27. The highest BCUT2D eigenvalue weighted by atomic mass is 127. The second-order valence-corrected chi connectivity index (χ2v) is 6.29. The number of rotatable bonds is 3. The van der Waals surface area contributed by atoms with Crippen LogP contribution in [0.15, 0.2) is 33.7 Å². The fraction of sp³-hybridized carbons (Fsp3) is 0.500. The monoisotopic (exact) mass is 437 g/mol. The lowest BCUT2D eigenvalue weighted by molar-refractivity contribution is 0.480. The molecular formula is C14H21BrIN3. The summed E-state index contributed by atoms with van der Waals surface area (Å²) in [5.74, 6) is 1.01. The maximum absolute atomic E-state index is 4.45. The first kappa shape index (κ1) is 16.8. The van der Waals surface area contributed by atoms with Gasteiger partial charge < -0.3 is 10.2 Å². The van der Waals surface area contributed by atoms with Crippen molar-refractivity contribution >= 4 is 45.9 Å². The zero-order chi connectivity index (χ0) is 13.2. The molecule has 1 heterocycles. The quantitative estimate of drug-likeness (QED) is 0.735. The number of guanidine groups is 1. The molecule has 1 aromatic carbocycles. The van der Waals surface area contributed by atoms with Gasteiger partial charge in [0.25, 0.3) is 0 Å². The summed E-state index contributed by atoms with van der Waals surface area (Å²) < 4.78 is 1.13. The van der Waals surface area contributed by atoms with Gasteiger partial charge in [0.1, 0.15) is 0 Å². The van der Waals surface area contributed by atoms with E-state index in [0.29, 0.717) is 0 Å². The highest BCUT2D eigenvalue weighted by molar-refractivity contribution is 14.0. The van der Waals surface area contributed by atoms with Gasteiger partial charge in [0.05, 0.1) is 6.54 Å². The average Bonchev–Trinajstić information content (AvgIpc) is 2.72. The average molecular weight is 438 g/mol. The number of aliphatic imine (C=N–C) groups is 1. The van der Waals surface area contributed by atoms with Crippen LogP contribution < -0.4 is 5.32 Å². The number of hydrogen-bond acceptors (Lipinski definition) is 3. The molecule has 0 spiro atoms. The zero-order valence-electron chi connectivity index (χ0n) is 11.6. The first-order valence-electron chi connectivity index (χ1n) is 6.24. The molecule has 1 aromatic rings. The third kappa shape index (κ3) is 4.34. The molecule has 19 heavy (non-hydrogen) atoms. The summed E-state index contributed by atoms with van der Waals surface area (Å²) in [7, 11) is 2.07. The molecule has 0 amide bonds. The largest absolute Gasteiger partial charge is 0.355 e. The normalized spacial score (nSPS) is 14.9. The summed E-state index contributed by atoms with van der Waals surface area (Å²) >= 11 is 3.53. The molecular weight excluding hydrogens is 417 g/mol. The van der Waals surface area contributed by atoms with Gasteiger partial charge in [-0.05, 0) is 17.7 Å². The van der Waals surface area contributed by atoms with Gasteiger partial charge in [-0.2, -0.15) is 0 Å². The van der Waals surface area contributed by atoms with Crippen molar-refractivity contribution in [2.24, 2.45) is 4.99 Å². The van der Waals surface area contributed by atoms with E-state index in [-0.39, 0.29) is 29.4 Å².